The molecule has 7 nitrogen and oxygen atoms in total. The van der Waals surface area contributed by atoms with Crippen LogP contribution in [-0.2, 0) is 14.3 Å². The number of carbonyl (C=O) groups is 3. The fraction of sp³-hybridized carbons (Fsp3) is 0.120. The van der Waals surface area contributed by atoms with E-state index in [2.05, 4.69) is 5.32 Å². The Hall–Kier alpha value is -4.09. The second-order valence-electron chi connectivity index (χ2n) is 6.76. The van der Waals surface area contributed by atoms with Crippen molar-refractivity contribution in [3.63, 3.8) is 0 Å². The van der Waals surface area contributed by atoms with E-state index in [4.69, 9.17) is 14.7 Å². The number of nitrogens with zero attached hydrogens (tertiary/aromatic N) is 1. The summed E-state index contributed by atoms with van der Waals surface area (Å²) in [6, 6.07) is 22.9. The average molecular weight is 461 g/mol. The van der Waals surface area contributed by atoms with Gasteiger partial charge in [-0.15, -0.1) is 11.8 Å². The molecule has 33 heavy (non-hydrogen) atoms. The Kier molecular flexibility index (Phi) is 8.22. The maximum atomic E-state index is 12.3. The van der Waals surface area contributed by atoms with Crippen LogP contribution in [0.4, 0.5) is 5.69 Å². The molecule has 166 valence electrons. The van der Waals surface area contributed by atoms with Crippen LogP contribution in [0.15, 0.2) is 77.7 Å². The van der Waals surface area contributed by atoms with Crippen LogP contribution in [0, 0.1) is 11.3 Å². The van der Waals surface area contributed by atoms with E-state index < -0.39 is 18.5 Å². The number of ether oxygens (including phenoxy) is 2. The number of esters is 2. The summed E-state index contributed by atoms with van der Waals surface area (Å²) >= 11 is 1.31. The van der Waals surface area contributed by atoms with Gasteiger partial charge in [-0.3, -0.25) is 9.59 Å². The van der Waals surface area contributed by atoms with Crippen molar-refractivity contribution in [1.82, 2.24) is 0 Å². The lowest BCUT2D eigenvalue weighted by Crippen LogP contribution is -2.21. The van der Waals surface area contributed by atoms with Gasteiger partial charge in [0.2, 0.25) is 0 Å². The van der Waals surface area contributed by atoms with Crippen LogP contribution in [-0.4, -0.2) is 30.2 Å². The van der Waals surface area contributed by atoms with Gasteiger partial charge in [-0.05, 0) is 47.5 Å². The maximum absolute atomic E-state index is 12.3. The van der Waals surface area contributed by atoms with E-state index in [1.54, 1.807) is 54.6 Å². The summed E-state index contributed by atoms with van der Waals surface area (Å²) in [4.78, 5) is 36.3. The molecule has 0 bridgehead atoms. The second-order valence-corrected chi connectivity index (χ2v) is 7.78. The standard InChI is InChI=1S/C25H20N2O5S/c1-17(28)32-21-12-10-19(11-13-21)18-6-8-20(9-7-18)25(30)31-16-24(29)27-22-4-2-3-5-23(22)33-15-14-26/h2-13H,15-16H2,1H3,(H,27,29). The molecule has 0 aromatic heterocycles. The fourth-order valence-electron chi connectivity index (χ4n) is 2.89. The zero-order valence-corrected chi connectivity index (χ0v) is 18.6. The van der Waals surface area contributed by atoms with E-state index in [0.717, 1.165) is 16.0 Å². The van der Waals surface area contributed by atoms with Crippen molar-refractivity contribution in [2.75, 3.05) is 17.7 Å². The molecule has 0 radical (unpaired) electrons. The Morgan fingerprint density at radius 3 is 2.21 bits per heavy atom. The van der Waals surface area contributed by atoms with Crippen LogP contribution in [0.2, 0.25) is 0 Å². The highest BCUT2D eigenvalue weighted by atomic mass is 32.2. The SMILES string of the molecule is CC(=O)Oc1ccc(-c2ccc(C(=O)OCC(=O)Nc3ccccc3SCC#N)cc2)cc1. The molecule has 0 aliphatic rings. The lowest BCUT2D eigenvalue weighted by atomic mass is 10.0. The van der Waals surface area contributed by atoms with E-state index in [-0.39, 0.29) is 11.7 Å². The van der Waals surface area contributed by atoms with Gasteiger partial charge in [-0.2, -0.15) is 5.26 Å². The minimum atomic E-state index is -0.617. The molecule has 0 spiro atoms. The zero-order valence-electron chi connectivity index (χ0n) is 17.7. The molecular weight excluding hydrogens is 440 g/mol. The summed E-state index contributed by atoms with van der Waals surface area (Å²) in [5, 5.41) is 11.4. The number of carbonyl (C=O) groups excluding carboxylic acids is 3. The first-order valence-corrected chi connectivity index (χ1v) is 10.9. The van der Waals surface area contributed by atoms with Gasteiger partial charge in [0.15, 0.2) is 6.61 Å². The van der Waals surface area contributed by atoms with Crippen LogP contribution in [0.25, 0.3) is 11.1 Å². The van der Waals surface area contributed by atoms with Gasteiger partial charge in [0.1, 0.15) is 5.75 Å². The molecule has 0 saturated carbocycles. The molecule has 0 fully saturated rings. The fourth-order valence-corrected chi connectivity index (χ4v) is 3.56. The number of amides is 1. The highest BCUT2D eigenvalue weighted by Crippen LogP contribution is 2.26. The quantitative estimate of drug-likeness (QED) is 0.295. The third-order valence-electron chi connectivity index (χ3n) is 4.36. The number of thioether (sulfide) groups is 1. The van der Waals surface area contributed by atoms with Crippen LogP contribution < -0.4 is 10.1 Å². The Morgan fingerprint density at radius 2 is 1.58 bits per heavy atom. The number of hydrogen-bond donors (Lipinski definition) is 1. The summed E-state index contributed by atoms with van der Waals surface area (Å²) in [5.74, 6) is -0.766. The van der Waals surface area contributed by atoms with E-state index in [9.17, 15) is 14.4 Å². The highest BCUT2D eigenvalue weighted by molar-refractivity contribution is 7.99. The Labute approximate surface area is 195 Å². The topological polar surface area (TPSA) is 105 Å². The largest absolute Gasteiger partial charge is 0.452 e. The smallest absolute Gasteiger partial charge is 0.338 e. The Bertz CT molecular complexity index is 1180. The van der Waals surface area contributed by atoms with Gasteiger partial charge in [0.05, 0.1) is 23.1 Å². The lowest BCUT2D eigenvalue weighted by molar-refractivity contribution is -0.131. The van der Waals surface area contributed by atoms with Crippen molar-refractivity contribution in [3.8, 4) is 22.9 Å². The molecule has 0 atom stereocenters. The van der Waals surface area contributed by atoms with Crippen molar-refractivity contribution in [2.45, 2.75) is 11.8 Å². The Balaban J connectivity index is 1.55. The molecule has 0 saturated heterocycles. The van der Waals surface area contributed by atoms with Crippen molar-refractivity contribution in [1.29, 1.82) is 5.26 Å². The monoisotopic (exact) mass is 460 g/mol. The molecule has 3 aromatic rings. The highest BCUT2D eigenvalue weighted by Gasteiger charge is 2.12. The lowest BCUT2D eigenvalue weighted by Gasteiger charge is -2.10. The third-order valence-corrected chi connectivity index (χ3v) is 5.30. The van der Waals surface area contributed by atoms with Crippen molar-refractivity contribution in [2.24, 2.45) is 0 Å². The van der Waals surface area contributed by atoms with E-state index in [0.29, 0.717) is 17.0 Å². The molecule has 0 aliphatic carbocycles. The van der Waals surface area contributed by atoms with Gasteiger partial charge in [-0.25, -0.2) is 4.79 Å². The maximum Gasteiger partial charge on any atom is 0.338 e. The number of nitriles is 1. The molecule has 0 aliphatic heterocycles. The molecule has 8 heteroatoms. The normalized spacial score (nSPS) is 10.1. The van der Waals surface area contributed by atoms with Crippen molar-refractivity contribution < 1.29 is 23.9 Å². The number of nitrogens with one attached hydrogen (secondary N) is 1. The molecular formula is C25H20N2O5S. The third kappa shape index (κ3) is 6.95. The predicted molar refractivity (Wildman–Crippen MR) is 125 cm³/mol. The molecule has 0 heterocycles. The first-order chi connectivity index (χ1) is 16.0. The molecule has 1 amide bonds. The number of para-hydroxylation sites is 1. The van der Waals surface area contributed by atoms with Crippen LogP contribution >= 0.6 is 11.8 Å². The first kappa shape index (κ1) is 23.6. The summed E-state index contributed by atoms with van der Waals surface area (Å²) in [5.41, 5.74) is 2.62. The summed E-state index contributed by atoms with van der Waals surface area (Å²) in [7, 11) is 0. The van der Waals surface area contributed by atoms with Crippen molar-refractivity contribution in [3.05, 3.63) is 78.4 Å². The Morgan fingerprint density at radius 1 is 0.939 bits per heavy atom. The molecule has 3 rings (SSSR count). The van der Waals surface area contributed by atoms with E-state index in [1.807, 2.05) is 24.3 Å². The van der Waals surface area contributed by atoms with Crippen LogP contribution in [0.5, 0.6) is 5.75 Å². The minimum absolute atomic E-state index is 0.258. The number of benzene rings is 3. The zero-order chi connectivity index (χ0) is 23.6. The van der Waals surface area contributed by atoms with Crippen LogP contribution in [0.1, 0.15) is 17.3 Å². The summed E-state index contributed by atoms with van der Waals surface area (Å²) < 4.78 is 10.1. The van der Waals surface area contributed by atoms with Crippen molar-refractivity contribution >= 4 is 35.3 Å². The second kappa shape index (κ2) is 11.5. The van der Waals surface area contributed by atoms with Gasteiger partial charge >= 0.3 is 11.9 Å². The summed E-state index contributed by atoms with van der Waals surface area (Å²) in [6.45, 7) is 0.903. The number of rotatable bonds is 8. The molecule has 1 N–H and O–H groups in total. The van der Waals surface area contributed by atoms with Crippen LogP contribution in [0.3, 0.4) is 0 Å². The first-order valence-electron chi connectivity index (χ1n) is 9.91. The number of anilines is 1. The summed E-state index contributed by atoms with van der Waals surface area (Å²) in [6.07, 6.45) is 0. The van der Waals surface area contributed by atoms with Gasteiger partial charge in [0.25, 0.3) is 5.91 Å². The number of hydrogen-bond acceptors (Lipinski definition) is 7. The van der Waals surface area contributed by atoms with Gasteiger partial charge in [-0.1, -0.05) is 36.4 Å². The molecule has 3 aromatic carbocycles. The van der Waals surface area contributed by atoms with E-state index >= 15 is 0 Å². The van der Waals surface area contributed by atoms with Gasteiger partial charge < -0.3 is 14.8 Å². The van der Waals surface area contributed by atoms with E-state index in [1.165, 1.54) is 18.7 Å². The van der Waals surface area contributed by atoms with Gasteiger partial charge in [0, 0.05) is 11.8 Å². The predicted octanol–water partition coefficient (Wildman–Crippen LogP) is 4.69. The minimum Gasteiger partial charge on any atom is -0.452 e. The molecule has 0 unspecified atom stereocenters. The average Bonchev–Trinajstić information content (AvgIpc) is 2.82.